The SMILES string of the molecule is CSc1ccc(/C=C/c2ccc3c(c2)c(NCCN2CCN(C)CC2)c2oc4ccccc4c2[n+]3C)cc1. The molecule has 3 aromatic carbocycles. The Balaban J connectivity index is 1.39. The summed E-state index contributed by atoms with van der Waals surface area (Å²) in [4.78, 5) is 6.23. The highest BCUT2D eigenvalue weighted by Crippen LogP contribution is 2.36. The van der Waals surface area contributed by atoms with Crippen molar-refractivity contribution in [3.63, 3.8) is 0 Å². The maximum Gasteiger partial charge on any atom is 0.261 e. The number of rotatable bonds is 7. The van der Waals surface area contributed by atoms with Gasteiger partial charge in [0, 0.05) is 50.2 Å². The number of nitrogens with one attached hydrogen (secondary N) is 1. The topological polar surface area (TPSA) is 35.5 Å². The van der Waals surface area contributed by atoms with Crippen molar-refractivity contribution in [1.29, 1.82) is 0 Å². The Kier molecular flexibility index (Phi) is 7.11. The van der Waals surface area contributed by atoms with Crippen LogP contribution in [0.25, 0.3) is 45.1 Å². The van der Waals surface area contributed by atoms with E-state index >= 15 is 0 Å². The lowest BCUT2D eigenvalue weighted by Crippen LogP contribution is -2.45. The normalized spacial score (nSPS) is 15.3. The standard InChI is InChI=1S/C32H34N4OS/c1-34-18-20-36(21-19-34)17-16-33-30-27-22-24(9-8-23-10-13-25(38-3)14-11-23)12-15-28(27)35(2)31-26-6-4-5-7-29(26)37-32(30)31/h4-15,22H,16-21H2,1-3H3/p+1/b9-8+. The van der Waals surface area contributed by atoms with Gasteiger partial charge in [0.25, 0.3) is 5.52 Å². The molecule has 6 heteroatoms. The number of hydrogen-bond acceptors (Lipinski definition) is 5. The largest absolute Gasteiger partial charge is 0.447 e. The van der Waals surface area contributed by atoms with Crippen LogP contribution < -0.4 is 9.88 Å². The van der Waals surface area contributed by atoms with Crippen LogP contribution in [0.3, 0.4) is 0 Å². The van der Waals surface area contributed by atoms with Crippen LogP contribution in [-0.4, -0.2) is 62.4 Å². The Morgan fingerprint density at radius 2 is 1.66 bits per heavy atom. The van der Waals surface area contributed by atoms with E-state index in [0.29, 0.717) is 0 Å². The van der Waals surface area contributed by atoms with Crippen molar-refractivity contribution in [2.75, 3.05) is 57.9 Å². The zero-order chi connectivity index (χ0) is 26.1. The van der Waals surface area contributed by atoms with Gasteiger partial charge < -0.3 is 14.6 Å². The van der Waals surface area contributed by atoms with Gasteiger partial charge >= 0.3 is 0 Å². The Hall–Kier alpha value is -3.32. The van der Waals surface area contributed by atoms with Crippen LogP contribution in [0.5, 0.6) is 0 Å². The molecule has 0 unspecified atom stereocenters. The van der Waals surface area contributed by atoms with Crippen LogP contribution in [0, 0.1) is 0 Å². The number of nitrogens with zero attached hydrogens (tertiary/aromatic N) is 3. The summed E-state index contributed by atoms with van der Waals surface area (Å²) < 4.78 is 8.77. The maximum absolute atomic E-state index is 6.50. The maximum atomic E-state index is 6.50. The molecule has 194 valence electrons. The van der Waals surface area contributed by atoms with E-state index in [9.17, 15) is 0 Å². The number of thioether (sulfide) groups is 1. The van der Waals surface area contributed by atoms with E-state index in [1.165, 1.54) is 26.9 Å². The number of para-hydroxylation sites is 1. The van der Waals surface area contributed by atoms with Crippen molar-refractivity contribution in [2.45, 2.75) is 4.90 Å². The molecule has 0 bridgehead atoms. The molecule has 0 aliphatic carbocycles. The predicted molar refractivity (Wildman–Crippen MR) is 162 cm³/mol. The molecule has 1 N–H and O–H groups in total. The number of piperazine rings is 1. The summed E-state index contributed by atoms with van der Waals surface area (Å²) in [6, 6.07) is 23.8. The van der Waals surface area contributed by atoms with Gasteiger partial charge in [0.15, 0.2) is 0 Å². The average Bonchev–Trinajstić information content (AvgIpc) is 3.34. The van der Waals surface area contributed by atoms with Crippen molar-refractivity contribution in [2.24, 2.45) is 7.05 Å². The summed E-state index contributed by atoms with van der Waals surface area (Å²) in [6.45, 7) is 6.40. The molecule has 2 aromatic heterocycles. The van der Waals surface area contributed by atoms with Crippen molar-refractivity contribution >= 4 is 62.6 Å². The van der Waals surface area contributed by atoms with Crippen molar-refractivity contribution in [3.8, 4) is 0 Å². The van der Waals surface area contributed by atoms with Gasteiger partial charge in [-0.05, 0) is 60.8 Å². The Morgan fingerprint density at radius 3 is 2.45 bits per heavy atom. The second-order valence-corrected chi connectivity index (χ2v) is 11.0. The molecule has 0 radical (unpaired) electrons. The fourth-order valence-corrected chi connectivity index (χ4v) is 5.83. The van der Waals surface area contributed by atoms with Crippen LogP contribution >= 0.6 is 11.8 Å². The van der Waals surface area contributed by atoms with Gasteiger partial charge in [-0.15, -0.1) is 11.8 Å². The minimum absolute atomic E-state index is 0.876. The lowest BCUT2D eigenvalue weighted by molar-refractivity contribution is -0.616. The summed E-state index contributed by atoms with van der Waals surface area (Å²) in [5, 5.41) is 6.13. The van der Waals surface area contributed by atoms with Crippen molar-refractivity contribution < 1.29 is 8.98 Å². The van der Waals surface area contributed by atoms with E-state index < -0.39 is 0 Å². The van der Waals surface area contributed by atoms with E-state index in [0.717, 1.165) is 67.0 Å². The number of likely N-dealkylation sites (N-methyl/N-ethyl adjacent to an activating group) is 1. The Bertz CT molecular complexity index is 1610. The van der Waals surface area contributed by atoms with E-state index in [1.807, 2.05) is 6.07 Å². The number of aromatic nitrogens is 1. The number of fused-ring (bicyclic) bond motifs is 4. The molecular formula is C32H35N4OS+. The first-order valence-electron chi connectivity index (χ1n) is 13.3. The van der Waals surface area contributed by atoms with Crippen molar-refractivity contribution in [1.82, 2.24) is 9.80 Å². The smallest absolute Gasteiger partial charge is 0.261 e. The van der Waals surface area contributed by atoms with E-state index in [-0.39, 0.29) is 0 Å². The molecule has 38 heavy (non-hydrogen) atoms. The number of anilines is 1. The fourth-order valence-electron chi connectivity index (χ4n) is 5.42. The van der Waals surface area contributed by atoms with Gasteiger partial charge in [-0.25, -0.2) is 0 Å². The van der Waals surface area contributed by atoms with Crippen LogP contribution in [0.15, 0.2) is 76.0 Å². The third kappa shape index (κ3) is 4.92. The monoisotopic (exact) mass is 523 g/mol. The lowest BCUT2D eigenvalue weighted by atomic mass is 10.1. The molecule has 0 saturated carbocycles. The van der Waals surface area contributed by atoms with Gasteiger partial charge in [-0.3, -0.25) is 4.90 Å². The van der Waals surface area contributed by atoms with E-state index in [2.05, 4.69) is 113 Å². The molecule has 1 fully saturated rings. The molecule has 1 aliphatic rings. The first-order chi connectivity index (χ1) is 18.6. The van der Waals surface area contributed by atoms with Gasteiger partial charge in [0.1, 0.15) is 12.6 Å². The minimum atomic E-state index is 0.876. The van der Waals surface area contributed by atoms with Crippen LogP contribution in [0.1, 0.15) is 11.1 Å². The molecule has 1 saturated heterocycles. The number of aryl methyl sites for hydroxylation is 1. The first-order valence-corrected chi connectivity index (χ1v) is 14.6. The molecular weight excluding hydrogens is 488 g/mol. The van der Waals surface area contributed by atoms with Gasteiger partial charge in [-0.2, -0.15) is 4.57 Å². The fraction of sp³-hybridized carbons (Fsp3) is 0.281. The van der Waals surface area contributed by atoms with Crippen LogP contribution in [0.4, 0.5) is 5.69 Å². The quantitative estimate of drug-likeness (QED) is 0.158. The summed E-state index contributed by atoms with van der Waals surface area (Å²) in [5.74, 6) is 0. The zero-order valence-corrected chi connectivity index (χ0v) is 23.2. The third-order valence-electron chi connectivity index (χ3n) is 7.69. The molecule has 0 amide bonds. The Labute approximate surface area is 228 Å². The number of pyridine rings is 1. The minimum Gasteiger partial charge on any atom is -0.447 e. The average molecular weight is 524 g/mol. The highest BCUT2D eigenvalue weighted by molar-refractivity contribution is 7.98. The van der Waals surface area contributed by atoms with Gasteiger partial charge in [0.05, 0.1) is 16.5 Å². The van der Waals surface area contributed by atoms with E-state index in [1.54, 1.807) is 11.8 Å². The second-order valence-electron chi connectivity index (χ2n) is 10.2. The summed E-state index contributed by atoms with van der Waals surface area (Å²) in [5.41, 5.74) is 7.62. The number of furan rings is 1. The first kappa shape index (κ1) is 25.0. The highest BCUT2D eigenvalue weighted by atomic mass is 32.2. The third-order valence-corrected chi connectivity index (χ3v) is 8.44. The van der Waals surface area contributed by atoms with E-state index in [4.69, 9.17) is 4.42 Å². The number of hydrogen-bond donors (Lipinski definition) is 1. The summed E-state index contributed by atoms with van der Waals surface area (Å²) >= 11 is 1.77. The second kappa shape index (κ2) is 10.8. The highest BCUT2D eigenvalue weighted by Gasteiger charge is 2.25. The molecule has 6 rings (SSSR count). The zero-order valence-electron chi connectivity index (χ0n) is 22.4. The molecule has 0 atom stereocenters. The van der Waals surface area contributed by atoms with Gasteiger partial charge in [-0.1, -0.05) is 36.4 Å². The Morgan fingerprint density at radius 1 is 0.921 bits per heavy atom. The lowest BCUT2D eigenvalue weighted by Gasteiger charge is -2.32. The summed E-state index contributed by atoms with van der Waals surface area (Å²) in [6.07, 6.45) is 6.49. The van der Waals surface area contributed by atoms with Gasteiger partial charge in [0.2, 0.25) is 11.1 Å². The predicted octanol–water partition coefficient (Wildman–Crippen LogP) is 6.12. The molecule has 5 aromatic rings. The molecule has 5 nitrogen and oxygen atoms in total. The van der Waals surface area contributed by atoms with Crippen LogP contribution in [0.2, 0.25) is 0 Å². The summed E-state index contributed by atoms with van der Waals surface area (Å²) in [7, 11) is 4.35. The van der Waals surface area contributed by atoms with Crippen LogP contribution in [-0.2, 0) is 7.05 Å². The van der Waals surface area contributed by atoms with Crippen molar-refractivity contribution in [3.05, 3.63) is 77.9 Å². The molecule has 1 aliphatic heterocycles. The molecule has 0 spiro atoms. The number of benzene rings is 3. The molecule has 3 heterocycles.